The Balaban J connectivity index is 0.000000252. The summed E-state index contributed by atoms with van der Waals surface area (Å²) in [5.41, 5.74) is 16.1. The monoisotopic (exact) mass is 978 g/mol. The first-order valence-electron chi connectivity index (χ1n) is 18.5. The van der Waals surface area contributed by atoms with Crippen molar-refractivity contribution in [1.82, 2.24) is 0 Å². The fraction of sp³-hybridized carbons (Fsp3) is 0.196. The number of hydrogen-bond donors (Lipinski definition) is 0. The van der Waals surface area contributed by atoms with Crippen molar-refractivity contribution in [3.05, 3.63) is 200 Å². The molecular weight excluding hydrogens is 934 g/mol. The molecule has 0 aliphatic heterocycles. The van der Waals surface area contributed by atoms with Gasteiger partial charge in [-0.05, 0) is 39.5 Å². The number of allylic oxidation sites excluding steroid dienone is 4. The summed E-state index contributed by atoms with van der Waals surface area (Å²) in [5, 5.41) is 0. The number of fused-ring (bicyclic) bond motifs is 3. The Bertz CT molecular complexity index is 2170. The van der Waals surface area contributed by atoms with Crippen LogP contribution in [0, 0.1) is 12.1 Å². The molecule has 0 spiro atoms. The normalized spacial score (nSPS) is 12.2. The average Bonchev–Trinajstić information content (AvgIpc) is 3.86. The van der Waals surface area contributed by atoms with Crippen molar-refractivity contribution in [2.45, 2.75) is 65.2 Å². The predicted molar refractivity (Wildman–Crippen MR) is 249 cm³/mol. The Morgan fingerprint density at radius 3 is 1.59 bits per heavy atom. The molecule has 0 unspecified atom stereocenters. The van der Waals surface area contributed by atoms with Crippen molar-refractivity contribution in [2.24, 2.45) is 0 Å². The second-order valence-corrected chi connectivity index (χ2v) is 18.9. The molecule has 2 aliphatic rings. The van der Waals surface area contributed by atoms with Gasteiger partial charge in [-0.1, -0.05) is 131 Å². The third-order valence-corrected chi connectivity index (χ3v) is 12.0. The van der Waals surface area contributed by atoms with Gasteiger partial charge >= 0.3 is 128 Å². The number of hydrogen-bond acceptors (Lipinski definition) is 0. The molecule has 6 aromatic carbocycles. The molecule has 0 saturated heterocycles. The van der Waals surface area contributed by atoms with Crippen LogP contribution in [0.2, 0.25) is 0 Å². The Morgan fingerprint density at radius 1 is 0.589 bits per heavy atom. The largest absolute Gasteiger partial charge is 0.273 e. The van der Waals surface area contributed by atoms with E-state index in [0.29, 0.717) is 0 Å². The van der Waals surface area contributed by atoms with E-state index in [1.807, 2.05) is 24.3 Å². The van der Waals surface area contributed by atoms with E-state index < -0.39 is 0 Å². The van der Waals surface area contributed by atoms with Crippen LogP contribution in [0.3, 0.4) is 0 Å². The minimum Gasteiger partial charge on any atom is -0.273 e. The van der Waals surface area contributed by atoms with Crippen LogP contribution in [0.5, 0.6) is 0 Å². The number of benzene rings is 6. The summed E-state index contributed by atoms with van der Waals surface area (Å²) >= 11 is 8.43. The van der Waals surface area contributed by atoms with E-state index in [2.05, 4.69) is 207 Å². The quantitative estimate of drug-likeness (QED) is 0.154. The molecule has 0 radical (unpaired) electrons. The van der Waals surface area contributed by atoms with Crippen LogP contribution >= 0.6 is 56.7 Å². The molecule has 0 nitrogen and oxygen atoms in total. The van der Waals surface area contributed by atoms with Gasteiger partial charge < -0.3 is 0 Å². The zero-order valence-electron chi connectivity index (χ0n) is 32.8. The van der Waals surface area contributed by atoms with Gasteiger partial charge in [0.1, 0.15) is 0 Å². The van der Waals surface area contributed by atoms with Crippen LogP contribution in [-0.2, 0) is 41.5 Å². The first-order chi connectivity index (χ1) is 25.8. The third-order valence-electron chi connectivity index (χ3n) is 9.64. The van der Waals surface area contributed by atoms with Crippen molar-refractivity contribution in [3.8, 4) is 33.4 Å². The maximum Gasteiger partial charge on any atom is -0.0126 e. The molecule has 0 heterocycles. The van der Waals surface area contributed by atoms with Gasteiger partial charge in [-0.3, -0.25) is 6.08 Å². The summed E-state index contributed by atoms with van der Waals surface area (Å²) in [4.78, 5) is 0. The zero-order chi connectivity index (χ0) is 38.5. The van der Waals surface area contributed by atoms with Gasteiger partial charge in [-0.2, -0.15) is 6.08 Å². The van der Waals surface area contributed by atoms with Crippen LogP contribution < -0.4 is 0 Å². The summed E-state index contributed by atoms with van der Waals surface area (Å²) in [6.45, 7) is 13.9. The van der Waals surface area contributed by atoms with Gasteiger partial charge in [-0.15, -0.1) is 60.1 Å². The minimum atomic E-state index is 0. The molecule has 6 aromatic rings. The first-order valence-corrected chi connectivity index (χ1v) is 21.3. The molecule has 0 saturated carbocycles. The van der Waals surface area contributed by atoms with Gasteiger partial charge in [0, 0.05) is 0 Å². The molecule has 0 fully saturated rings. The number of rotatable bonds is 4. The fourth-order valence-electron chi connectivity index (χ4n) is 6.90. The molecule has 5 heteroatoms. The summed E-state index contributed by atoms with van der Waals surface area (Å²) in [6, 6.07) is 49.7. The summed E-state index contributed by atoms with van der Waals surface area (Å²) in [7, 11) is 0. The topological polar surface area (TPSA) is 0 Å². The smallest absolute Gasteiger partial charge is 0.0126 e. The van der Waals surface area contributed by atoms with Crippen molar-refractivity contribution in [2.75, 3.05) is 0 Å². The van der Waals surface area contributed by atoms with Crippen molar-refractivity contribution >= 4 is 59.9 Å². The minimum absolute atomic E-state index is 0. The summed E-state index contributed by atoms with van der Waals surface area (Å²) < 4.78 is 3.62. The predicted octanol–water partition coefficient (Wildman–Crippen LogP) is 15.5. The van der Waals surface area contributed by atoms with Crippen LogP contribution in [-0.4, -0.2) is 3.21 Å². The Kier molecular flexibility index (Phi) is 16.5. The van der Waals surface area contributed by atoms with Crippen LogP contribution in [0.4, 0.5) is 0 Å². The Hall–Kier alpha value is -2.91. The van der Waals surface area contributed by atoms with Gasteiger partial charge in [0.25, 0.3) is 0 Å². The maximum atomic E-state index is 3.88. The van der Waals surface area contributed by atoms with Crippen LogP contribution in [0.1, 0.15) is 81.3 Å². The van der Waals surface area contributed by atoms with E-state index in [0.717, 1.165) is 21.8 Å². The molecule has 2 aliphatic carbocycles. The molecule has 8 rings (SSSR count). The molecule has 0 N–H and O–H groups in total. The maximum absolute atomic E-state index is 3.88. The third kappa shape index (κ3) is 11.4. The molecule has 0 bridgehead atoms. The fourth-order valence-corrected chi connectivity index (χ4v) is 8.46. The molecule has 0 amide bonds. The standard InChI is InChI=1S/C33H33.C13H8Br2.C5H5.2ClH.Zr/c1-32(2,3)30-20-26-24(18-28(30)22-13-9-7-10-14-22)17-25-19-29(23-15-11-8-12-16-23)31(21-27(25)26)33(4,5)6;14-12-5-1-3-10(8-12)7-11-4-2-6-13(15)9-11;1-2-4-5-3-1;;;/h7-16,18,20-21H,17H2,1-6H3;1-6,8-9H;1-3H,4H2;2*1H;/q-1;;-1;;;+2. The van der Waals surface area contributed by atoms with Crippen molar-refractivity contribution in [1.29, 1.82) is 0 Å². The van der Waals surface area contributed by atoms with E-state index in [1.54, 1.807) is 0 Å². The van der Waals surface area contributed by atoms with Gasteiger partial charge in [0.2, 0.25) is 0 Å². The molecular formula is C51H48Br2Cl2Zr. The second kappa shape index (κ2) is 20.2. The number of halogens is 4. The van der Waals surface area contributed by atoms with Gasteiger partial charge in [0.15, 0.2) is 0 Å². The Labute approximate surface area is 379 Å². The summed E-state index contributed by atoms with van der Waals surface area (Å²) in [5.74, 6) is 0. The van der Waals surface area contributed by atoms with E-state index in [1.165, 1.54) is 94.2 Å². The van der Waals surface area contributed by atoms with Crippen molar-refractivity contribution < 1.29 is 24.2 Å². The molecule has 0 aromatic heterocycles. The van der Waals surface area contributed by atoms with E-state index >= 15 is 0 Å². The average molecular weight is 983 g/mol. The van der Waals surface area contributed by atoms with Crippen molar-refractivity contribution in [3.63, 3.8) is 0 Å². The molecule has 284 valence electrons. The molecule has 56 heavy (non-hydrogen) atoms. The SMILES string of the molecule is Brc1cccc([C](=[Zr+2])c2cccc(Br)c2)c1.CC(C)(C)c1cc2c([c-]c1-c1ccccc1)Cc1cc(-c3ccccc3)c(C(C)(C)C)cc1-2.Cl.Cl.[C-]1=CC=CC1. The van der Waals surface area contributed by atoms with E-state index in [-0.39, 0.29) is 35.6 Å². The van der Waals surface area contributed by atoms with E-state index in [9.17, 15) is 0 Å². The zero-order valence-corrected chi connectivity index (χ0v) is 40.1. The second-order valence-electron chi connectivity index (χ2n) is 15.8. The molecule has 0 atom stereocenters. The van der Waals surface area contributed by atoms with Gasteiger partial charge in [0.05, 0.1) is 0 Å². The van der Waals surface area contributed by atoms with E-state index in [4.69, 9.17) is 0 Å². The Morgan fingerprint density at radius 2 is 1.12 bits per heavy atom. The van der Waals surface area contributed by atoms with Crippen LogP contribution in [0.15, 0.2) is 155 Å². The summed E-state index contributed by atoms with van der Waals surface area (Å²) in [6.07, 6.45) is 10.9. The van der Waals surface area contributed by atoms with Crippen LogP contribution in [0.25, 0.3) is 33.4 Å². The van der Waals surface area contributed by atoms with Gasteiger partial charge in [-0.25, -0.2) is 12.2 Å². The first kappa shape index (κ1) is 45.8.